The highest BCUT2D eigenvalue weighted by Gasteiger charge is 2.22. The van der Waals surface area contributed by atoms with Gasteiger partial charge >= 0.3 is 0 Å². The van der Waals surface area contributed by atoms with Gasteiger partial charge in [0, 0.05) is 12.1 Å². The molecule has 1 aromatic heterocycles. The number of fused-ring (bicyclic) bond motifs is 1. The molecule has 0 spiro atoms. The normalized spacial score (nSPS) is 11.8. The van der Waals surface area contributed by atoms with Crippen LogP contribution >= 0.6 is 11.3 Å². The lowest BCUT2D eigenvalue weighted by molar-refractivity contribution is -0.384. The molecular weight excluding hydrogens is 270 g/mol. The van der Waals surface area contributed by atoms with Crippen LogP contribution in [0.15, 0.2) is 17.0 Å². The van der Waals surface area contributed by atoms with Crippen LogP contribution in [0.2, 0.25) is 0 Å². The molecule has 10 heteroatoms. The average Bonchev–Trinajstić information content (AvgIpc) is 2.54. The lowest BCUT2D eigenvalue weighted by Gasteiger charge is -1.98. The summed E-state index contributed by atoms with van der Waals surface area (Å²) in [6.45, 7) is 0. The molecule has 0 aliphatic rings. The van der Waals surface area contributed by atoms with Crippen LogP contribution in [-0.4, -0.2) is 22.9 Å². The van der Waals surface area contributed by atoms with E-state index >= 15 is 0 Å². The first-order valence-electron chi connectivity index (χ1n) is 4.11. The maximum Gasteiger partial charge on any atom is 0.296 e. The Morgan fingerprint density at radius 2 is 2.12 bits per heavy atom. The number of nitrogen functional groups attached to an aromatic ring is 1. The van der Waals surface area contributed by atoms with Gasteiger partial charge in [0.1, 0.15) is 10.4 Å². The number of nitro benzene ring substituents is 1. The lowest BCUT2D eigenvalue weighted by atomic mass is 10.3. The summed E-state index contributed by atoms with van der Waals surface area (Å²) in [5.41, 5.74) is 4.87. The van der Waals surface area contributed by atoms with Crippen LogP contribution in [0.3, 0.4) is 0 Å². The highest BCUT2D eigenvalue weighted by Crippen LogP contribution is 2.32. The second-order valence-electron chi connectivity index (χ2n) is 3.07. The van der Waals surface area contributed by atoms with Crippen molar-refractivity contribution in [2.45, 2.75) is 4.90 Å². The Labute approximate surface area is 98.6 Å². The summed E-state index contributed by atoms with van der Waals surface area (Å²) in [4.78, 5) is 13.0. The van der Waals surface area contributed by atoms with Gasteiger partial charge in [-0.1, -0.05) is 11.3 Å². The van der Waals surface area contributed by atoms with Gasteiger partial charge in [0.25, 0.3) is 15.8 Å². The molecule has 0 unspecified atom stereocenters. The molecule has 17 heavy (non-hydrogen) atoms. The Kier molecular flexibility index (Phi) is 2.49. The SMILES string of the molecule is Nc1nc2c(S(=O)(=O)O)cc([N+](=O)[O-])cc2s1. The summed E-state index contributed by atoms with van der Waals surface area (Å²) in [5, 5.41) is 10.7. The number of nitrogens with two attached hydrogens (primary N) is 1. The number of nitrogens with zero attached hydrogens (tertiary/aromatic N) is 2. The number of benzene rings is 1. The van der Waals surface area contributed by atoms with Crippen LogP contribution in [0.1, 0.15) is 0 Å². The summed E-state index contributed by atoms with van der Waals surface area (Å²) < 4.78 is 31.4. The average molecular weight is 275 g/mol. The molecule has 1 aromatic carbocycles. The molecule has 0 fully saturated rings. The van der Waals surface area contributed by atoms with E-state index < -0.39 is 25.6 Å². The van der Waals surface area contributed by atoms with E-state index in [1.54, 1.807) is 0 Å². The predicted molar refractivity (Wildman–Crippen MR) is 60.5 cm³/mol. The molecule has 0 amide bonds. The third kappa shape index (κ3) is 2.05. The number of hydrogen-bond acceptors (Lipinski definition) is 7. The first-order chi connectivity index (χ1) is 7.79. The van der Waals surface area contributed by atoms with E-state index in [1.165, 1.54) is 0 Å². The summed E-state index contributed by atoms with van der Waals surface area (Å²) in [5.74, 6) is 0. The molecule has 0 aliphatic carbocycles. The minimum Gasteiger partial charge on any atom is -0.375 e. The summed E-state index contributed by atoms with van der Waals surface area (Å²) in [6.07, 6.45) is 0. The molecule has 0 bridgehead atoms. The summed E-state index contributed by atoms with van der Waals surface area (Å²) in [7, 11) is -4.59. The van der Waals surface area contributed by atoms with Gasteiger partial charge in [-0.25, -0.2) is 4.98 Å². The zero-order valence-electron chi connectivity index (χ0n) is 8.02. The Hall–Kier alpha value is -1.78. The number of non-ortho nitro benzene ring substituents is 1. The number of hydrogen-bond donors (Lipinski definition) is 2. The number of thiazole rings is 1. The van der Waals surface area contributed by atoms with Gasteiger partial charge < -0.3 is 5.73 Å². The van der Waals surface area contributed by atoms with Crippen molar-refractivity contribution < 1.29 is 17.9 Å². The van der Waals surface area contributed by atoms with Gasteiger partial charge in [-0.3, -0.25) is 14.7 Å². The Bertz CT molecular complexity index is 720. The molecule has 0 saturated carbocycles. The molecule has 0 radical (unpaired) electrons. The Morgan fingerprint density at radius 1 is 1.47 bits per heavy atom. The quantitative estimate of drug-likeness (QED) is 0.474. The molecule has 2 rings (SSSR count). The largest absolute Gasteiger partial charge is 0.375 e. The molecule has 0 aliphatic heterocycles. The standard InChI is InChI=1S/C7H5N3O5S2/c8-7-9-6-4(16-7)1-3(10(11)12)2-5(6)17(13,14)15/h1-2H,(H2,8,9)(H,13,14,15). The van der Waals surface area contributed by atoms with E-state index in [0.717, 1.165) is 23.5 Å². The van der Waals surface area contributed by atoms with E-state index in [1.807, 2.05) is 0 Å². The van der Waals surface area contributed by atoms with Crippen LogP contribution in [-0.2, 0) is 10.1 Å². The molecule has 0 atom stereocenters. The van der Waals surface area contributed by atoms with E-state index in [-0.39, 0.29) is 15.3 Å². The number of anilines is 1. The van der Waals surface area contributed by atoms with Crippen LogP contribution in [0, 0.1) is 10.1 Å². The smallest absolute Gasteiger partial charge is 0.296 e. The van der Waals surface area contributed by atoms with Crippen molar-refractivity contribution in [3.63, 3.8) is 0 Å². The van der Waals surface area contributed by atoms with E-state index in [9.17, 15) is 18.5 Å². The fraction of sp³-hybridized carbons (Fsp3) is 0. The van der Waals surface area contributed by atoms with Crippen LogP contribution in [0.4, 0.5) is 10.8 Å². The molecule has 2 aromatic rings. The van der Waals surface area contributed by atoms with Crippen molar-refractivity contribution in [2.24, 2.45) is 0 Å². The zero-order chi connectivity index (χ0) is 12.8. The molecule has 0 saturated heterocycles. The van der Waals surface area contributed by atoms with Crippen molar-refractivity contribution in [1.82, 2.24) is 4.98 Å². The van der Waals surface area contributed by atoms with Crippen LogP contribution in [0.25, 0.3) is 10.2 Å². The molecule has 1 heterocycles. The van der Waals surface area contributed by atoms with Crippen molar-refractivity contribution in [2.75, 3.05) is 5.73 Å². The number of rotatable bonds is 2. The fourth-order valence-electron chi connectivity index (χ4n) is 1.30. The Morgan fingerprint density at radius 3 is 2.65 bits per heavy atom. The van der Waals surface area contributed by atoms with Crippen molar-refractivity contribution in [1.29, 1.82) is 0 Å². The van der Waals surface area contributed by atoms with Gasteiger partial charge in [0.15, 0.2) is 5.13 Å². The third-order valence-electron chi connectivity index (χ3n) is 1.95. The highest BCUT2D eigenvalue weighted by atomic mass is 32.2. The highest BCUT2D eigenvalue weighted by molar-refractivity contribution is 7.86. The topological polar surface area (TPSA) is 136 Å². The van der Waals surface area contributed by atoms with E-state index in [0.29, 0.717) is 0 Å². The number of nitro groups is 1. The minimum atomic E-state index is -4.59. The summed E-state index contributed by atoms with van der Waals surface area (Å²) in [6, 6.07) is 1.90. The molecule has 90 valence electrons. The zero-order valence-corrected chi connectivity index (χ0v) is 9.66. The van der Waals surface area contributed by atoms with Gasteiger partial charge in [0.05, 0.1) is 9.62 Å². The third-order valence-corrected chi connectivity index (χ3v) is 3.65. The summed E-state index contributed by atoms with van der Waals surface area (Å²) >= 11 is 0.901. The van der Waals surface area contributed by atoms with Crippen molar-refractivity contribution in [3.05, 3.63) is 22.2 Å². The first kappa shape index (κ1) is 11.7. The molecule has 3 N–H and O–H groups in total. The van der Waals surface area contributed by atoms with Crippen LogP contribution < -0.4 is 5.73 Å². The van der Waals surface area contributed by atoms with E-state index in [4.69, 9.17) is 10.3 Å². The molecule has 8 nitrogen and oxygen atoms in total. The minimum absolute atomic E-state index is 0.0606. The van der Waals surface area contributed by atoms with Gasteiger partial charge in [-0.05, 0) is 0 Å². The second kappa shape index (κ2) is 3.61. The van der Waals surface area contributed by atoms with Crippen molar-refractivity contribution >= 4 is 42.5 Å². The predicted octanol–water partition coefficient (Wildman–Crippen LogP) is 1.03. The van der Waals surface area contributed by atoms with E-state index in [2.05, 4.69) is 4.98 Å². The van der Waals surface area contributed by atoms with Crippen LogP contribution in [0.5, 0.6) is 0 Å². The van der Waals surface area contributed by atoms with Gasteiger partial charge in [-0.15, -0.1) is 0 Å². The van der Waals surface area contributed by atoms with Crippen molar-refractivity contribution in [3.8, 4) is 0 Å². The lowest BCUT2D eigenvalue weighted by Crippen LogP contribution is -2.00. The first-order valence-corrected chi connectivity index (χ1v) is 6.36. The Balaban J connectivity index is 2.92. The molecular formula is C7H5N3O5S2. The maximum absolute atomic E-state index is 11.1. The van der Waals surface area contributed by atoms with Gasteiger partial charge in [-0.2, -0.15) is 8.42 Å². The fourth-order valence-corrected chi connectivity index (χ4v) is 2.83. The maximum atomic E-state index is 11.1. The number of aromatic nitrogens is 1. The second-order valence-corrected chi connectivity index (χ2v) is 5.53. The van der Waals surface area contributed by atoms with Gasteiger partial charge in [0.2, 0.25) is 0 Å². The monoisotopic (exact) mass is 275 g/mol.